The predicted octanol–water partition coefficient (Wildman–Crippen LogP) is 2.58. The van der Waals surface area contributed by atoms with Gasteiger partial charge < -0.3 is 11.1 Å². The summed E-state index contributed by atoms with van der Waals surface area (Å²) >= 11 is 0. The highest BCUT2D eigenvalue weighted by atomic mass is 15.0. The third-order valence-corrected chi connectivity index (χ3v) is 3.20. The Kier molecular flexibility index (Phi) is 5.66. The van der Waals surface area contributed by atoms with Crippen molar-refractivity contribution >= 4 is 0 Å². The van der Waals surface area contributed by atoms with Crippen molar-refractivity contribution in [2.24, 2.45) is 11.7 Å². The van der Waals surface area contributed by atoms with E-state index in [2.05, 4.69) is 56.4 Å². The van der Waals surface area contributed by atoms with Crippen LogP contribution in [0, 0.1) is 5.92 Å². The van der Waals surface area contributed by atoms with Crippen LogP contribution in [0.3, 0.4) is 0 Å². The van der Waals surface area contributed by atoms with Crippen molar-refractivity contribution in [3.8, 4) is 0 Å². The van der Waals surface area contributed by atoms with Gasteiger partial charge in [0.2, 0.25) is 0 Å². The third kappa shape index (κ3) is 5.33. The first kappa shape index (κ1) is 14.2. The molecule has 2 heteroatoms. The Labute approximate surface area is 106 Å². The fourth-order valence-corrected chi connectivity index (χ4v) is 1.78. The summed E-state index contributed by atoms with van der Waals surface area (Å²) in [5.41, 5.74) is 7.34. The molecular formula is C15H26N2. The first-order chi connectivity index (χ1) is 8.06. The molecule has 1 atom stereocenters. The molecule has 1 aromatic rings. The van der Waals surface area contributed by atoms with Gasteiger partial charge in [0.1, 0.15) is 0 Å². The molecule has 0 aliphatic rings. The summed E-state index contributed by atoms with van der Waals surface area (Å²) in [6.45, 7) is 8.38. The molecule has 1 unspecified atom stereocenters. The number of rotatable bonds is 7. The first-order valence-corrected chi connectivity index (χ1v) is 6.55. The number of nitrogens with two attached hydrogens (primary N) is 1. The number of hydrogen-bond donors (Lipinski definition) is 2. The fourth-order valence-electron chi connectivity index (χ4n) is 1.78. The van der Waals surface area contributed by atoms with E-state index in [0.29, 0.717) is 12.5 Å². The van der Waals surface area contributed by atoms with Crippen LogP contribution in [0.4, 0.5) is 0 Å². The van der Waals surface area contributed by atoms with Gasteiger partial charge in [0.05, 0.1) is 0 Å². The highest BCUT2D eigenvalue weighted by molar-refractivity contribution is 5.15. The second kappa shape index (κ2) is 6.77. The maximum Gasteiger partial charge on any atom is 0.0278 e. The molecule has 0 saturated carbocycles. The fraction of sp³-hybridized carbons (Fsp3) is 0.600. The zero-order chi connectivity index (χ0) is 12.7. The molecular weight excluding hydrogens is 208 g/mol. The molecule has 0 aliphatic heterocycles. The minimum absolute atomic E-state index is 0.0557. The van der Waals surface area contributed by atoms with Crippen LogP contribution in [-0.2, 0) is 6.42 Å². The maximum atomic E-state index is 5.89. The first-order valence-electron chi connectivity index (χ1n) is 6.55. The van der Waals surface area contributed by atoms with Crippen molar-refractivity contribution in [3.63, 3.8) is 0 Å². The SMILES string of the molecule is CC(C)CNC(C)(CN)CCc1ccccc1. The minimum Gasteiger partial charge on any atom is -0.329 e. The zero-order valence-corrected chi connectivity index (χ0v) is 11.4. The van der Waals surface area contributed by atoms with Gasteiger partial charge in [-0.15, -0.1) is 0 Å². The van der Waals surface area contributed by atoms with Crippen molar-refractivity contribution in [3.05, 3.63) is 35.9 Å². The topological polar surface area (TPSA) is 38.0 Å². The summed E-state index contributed by atoms with van der Waals surface area (Å²) in [6.07, 6.45) is 2.17. The van der Waals surface area contributed by atoms with Crippen molar-refractivity contribution in [1.29, 1.82) is 0 Å². The summed E-state index contributed by atoms with van der Waals surface area (Å²) in [6, 6.07) is 10.6. The molecule has 17 heavy (non-hydrogen) atoms. The summed E-state index contributed by atoms with van der Waals surface area (Å²) in [4.78, 5) is 0. The van der Waals surface area contributed by atoms with E-state index in [1.165, 1.54) is 5.56 Å². The largest absolute Gasteiger partial charge is 0.329 e. The highest BCUT2D eigenvalue weighted by Gasteiger charge is 2.21. The standard InChI is InChI=1S/C15H26N2/c1-13(2)11-17-15(3,12-16)10-9-14-7-5-4-6-8-14/h4-8,13,17H,9-12,16H2,1-3H3. The zero-order valence-electron chi connectivity index (χ0n) is 11.4. The van der Waals surface area contributed by atoms with Crippen molar-refractivity contribution in [1.82, 2.24) is 5.32 Å². The molecule has 2 nitrogen and oxygen atoms in total. The van der Waals surface area contributed by atoms with E-state index >= 15 is 0 Å². The number of benzene rings is 1. The van der Waals surface area contributed by atoms with Gasteiger partial charge in [0.25, 0.3) is 0 Å². The van der Waals surface area contributed by atoms with Crippen LogP contribution >= 0.6 is 0 Å². The van der Waals surface area contributed by atoms with Gasteiger partial charge in [0, 0.05) is 12.1 Å². The smallest absolute Gasteiger partial charge is 0.0278 e. The lowest BCUT2D eigenvalue weighted by Gasteiger charge is -2.30. The van der Waals surface area contributed by atoms with E-state index in [1.807, 2.05) is 0 Å². The number of hydrogen-bond acceptors (Lipinski definition) is 2. The maximum absolute atomic E-state index is 5.89. The average Bonchev–Trinajstić information content (AvgIpc) is 2.35. The van der Waals surface area contributed by atoms with E-state index in [0.717, 1.165) is 19.4 Å². The van der Waals surface area contributed by atoms with Crippen LogP contribution in [0.25, 0.3) is 0 Å². The molecule has 3 N–H and O–H groups in total. The van der Waals surface area contributed by atoms with E-state index < -0.39 is 0 Å². The van der Waals surface area contributed by atoms with E-state index in [9.17, 15) is 0 Å². The molecule has 0 amide bonds. The van der Waals surface area contributed by atoms with Gasteiger partial charge in [-0.1, -0.05) is 44.2 Å². The molecule has 0 spiro atoms. The Balaban J connectivity index is 2.45. The van der Waals surface area contributed by atoms with Gasteiger partial charge in [-0.2, -0.15) is 0 Å². The van der Waals surface area contributed by atoms with Crippen LogP contribution < -0.4 is 11.1 Å². The Morgan fingerprint density at radius 1 is 1.24 bits per heavy atom. The molecule has 0 heterocycles. The molecule has 0 saturated heterocycles. The third-order valence-electron chi connectivity index (χ3n) is 3.20. The molecule has 0 aromatic heterocycles. The minimum atomic E-state index is 0.0557. The van der Waals surface area contributed by atoms with E-state index in [1.54, 1.807) is 0 Å². The molecule has 0 fully saturated rings. The Hall–Kier alpha value is -0.860. The van der Waals surface area contributed by atoms with Gasteiger partial charge in [-0.3, -0.25) is 0 Å². The molecule has 0 bridgehead atoms. The average molecular weight is 234 g/mol. The normalized spacial score (nSPS) is 14.9. The lowest BCUT2D eigenvalue weighted by Crippen LogP contribution is -2.50. The van der Waals surface area contributed by atoms with E-state index in [-0.39, 0.29) is 5.54 Å². The molecule has 1 aromatic carbocycles. The van der Waals surface area contributed by atoms with E-state index in [4.69, 9.17) is 5.73 Å². The number of aryl methyl sites for hydroxylation is 1. The van der Waals surface area contributed by atoms with Gasteiger partial charge in [0.15, 0.2) is 0 Å². The molecule has 96 valence electrons. The molecule has 1 rings (SSSR count). The molecule has 0 radical (unpaired) electrons. The van der Waals surface area contributed by atoms with Crippen LogP contribution in [0.2, 0.25) is 0 Å². The quantitative estimate of drug-likeness (QED) is 0.761. The Morgan fingerprint density at radius 2 is 1.88 bits per heavy atom. The second-order valence-electron chi connectivity index (χ2n) is 5.53. The van der Waals surface area contributed by atoms with Gasteiger partial charge in [-0.05, 0) is 37.8 Å². The summed E-state index contributed by atoms with van der Waals surface area (Å²) < 4.78 is 0. The van der Waals surface area contributed by atoms with Crippen molar-refractivity contribution < 1.29 is 0 Å². The monoisotopic (exact) mass is 234 g/mol. The predicted molar refractivity (Wildman–Crippen MR) is 75.1 cm³/mol. The second-order valence-corrected chi connectivity index (χ2v) is 5.53. The summed E-state index contributed by atoms with van der Waals surface area (Å²) in [5, 5.41) is 3.59. The Morgan fingerprint density at radius 3 is 2.41 bits per heavy atom. The van der Waals surface area contributed by atoms with Crippen molar-refractivity contribution in [2.75, 3.05) is 13.1 Å². The van der Waals surface area contributed by atoms with Crippen LogP contribution in [0.1, 0.15) is 32.8 Å². The van der Waals surface area contributed by atoms with Crippen LogP contribution in [0.5, 0.6) is 0 Å². The summed E-state index contributed by atoms with van der Waals surface area (Å²) in [7, 11) is 0. The Bertz CT molecular complexity index is 308. The van der Waals surface area contributed by atoms with Crippen molar-refractivity contribution in [2.45, 2.75) is 39.2 Å². The summed E-state index contributed by atoms with van der Waals surface area (Å²) in [5.74, 6) is 0.664. The van der Waals surface area contributed by atoms with Crippen LogP contribution in [-0.4, -0.2) is 18.6 Å². The highest BCUT2D eigenvalue weighted by Crippen LogP contribution is 2.13. The lowest BCUT2D eigenvalue weighted by atomic mass is 9.92. The lowest BCUT2D eigenvalue weighted by molar-refractivity contribution is 0.322. The van der Waals surface area contributed by atoms with Crippen LogP contribution in [0.15, 0.2) is 30.3 Å². The number of nitrogens with one attached hydrogen (secondary N) is 1. The van der Waals surface area contributed by atoms with Gasteiger partial charge in [-0.25, -0.2) is 0 Å². The van der Waals surface area contributed by atoms with Gasteiger partial charge >= 0.3 is 0 Å². The molecule has 0 aliphatic carbocycles.